The molecule has 2 aromatic rings. The van der Waals surface area contributed by atoms with Gasteiger partial charge in [-0.1, -0.05) is 18.2 Å². The summed E-state index contributed by atoms with van der Waals surface area (Å²) in [6.45, 7) is 4.12. The van der Waals surface area contributed by atoms with Crippen LogP contribution in [0.5, 0.6) is 0 Å². The number of benzene rings is 1. The van der Waals surface area contributed by atoms with E-state index in [-0.39, 0.29) is 0 Å². The summed E-state index contributed by atoms with van der Waals surface area (Å²) in [4.78, 5) is 0. The fraction of sp³-hybridized carbons (Fsp3) is 0.533. The summed E-state index contributed by atoms with van der Waals surface area (Å²) in [6.07, 6.45) is 0. The summed E-state index contributed by atoms with van der Waals surface area (Å²) in [5, 5.41) is 5.64. The summed E-state index contributed by atoms with van der Waals surface area (Å²) in [6, 6.07) is 8.10. The van der Waals surface area contributed by atoms with Gasteiger partial charge < -0.3 is 19.9 Å². The van der Waals surface area contributed by atoms with Gasteiger partial charge in [0.1, 0.15) is 0 Å². The van der Waals surface area contributed by atoms with Crippen LogP contribution in [0.3, 0.4) is 0 Å². The zero-order valence-electron chi connectivity index (χ0n) is 12.5. The third-order valence-corrected chi connectivity index (χ3v) is 3.18. The molecule has 6 heteroatoms. The van der Waals surface area contributed by atoms with E-state index in [9.17, 15) is 0 Å². The van der Waals surface area contributed by atoms with Gasteiger partial charge in [0.2, 0.25) is 0 Å². The molecule has 2 rings (SSSR count). The summed E-state index contributed by atoms with van der Waals surface area (Å²) in [5.41, 5.74) is 7.75. The number of nitrogens with two attached hydrogens (primary N) is 1. The molecule has 0 fully saturated rings. The van der Waals surface area contributed by atoms with Crippen LogP contribution in [-0.2, 0) is 27.3 Å². The van der Waals surface area contributed by atoms with E-state index in [0.29, 0.717) is 46.1 Å². The average Bonchev–Trinajstić information content (AvgIpc) is 2.88. The Balaban J connectivity index is 1.76. The van der Waals surface area contributed by atoms with E-state index < -0.39 is 0 Å². The molecule has 0 spiro atoms. The number of ether oxygens (including phenoxy) is 3. The Labute approximate surface area is 124 Å². The van der Waals surface area contributed by atoms with Crippen molar-refractivity contribution in [3.63, 3.8) is 0 Å². The molecule has 0 atom stereocenters. The van der Waals surface area contributed by atoms with Crippen molar-refractivity contribution in [3.8, 4) is 0 Å². The number of hydrogen-bond acceptors (Lipinski definition) is 5. The molecule has 0 aliphatic heterocycles. The molecule has 21 heavy (non-hydrogen) atoms. The fourth-order valence-electron chi connectivity index (χ4n) is 2.13. The first-order valence-corrected chi connectivity index (χ1v) is 7.15. The van der Waals surface area contributed by atoms with Crippen LogP contribution in [0.1, 0.15) is 5.69 Å². The van der Waals surface area contributed by atoms with Crippen molar-refractivity contribution in [1.29, 1.82) is 0 Å². The van der Waals surface area contributed by atoms with Gasteiger partial charge >= 0.3 is 0 Å². The first-order chi connectivity index (χ1) is 10.4. The summed E-state index contributed by atoms with van der Waals surface area (Å²) in [7, 11) is 1.66. The third-order valence-electron chi connectivity index (χ3n) is 3.18. The predicted octanol–water partition coefficient (Wildman–Crippen LogP) is 1.17. The quantitative estimate of drug-likeness (QED) is 0.666. The highest BCUT2D eigenvalue weighted by Crippen LogP contribution is 2.17. The van der Waals surface area contributed by atoms with Crippen LogP contribution in [0.2, 0.25) is 0 Å². The van der Waals surface area contributed by atoms with Crippen LogP contribution in [0, 0.1) is 0 Å². The molecular formula is C15H23N3O3. The van der Waals surface area contributed by atoms with Crippen molar-refractivity contribution in [2.24, 2.45) is 5.73 Å². The maximum Gasteiger partial charge on any atom is 0.0839 e. The second kappa shape index (κ2) is 8.74. The number of rotatable bonds is 10. The number of nitrogens with zero attached hydrogens (tertiary/aromatic N) is 2. The van der Waals surface area contributed by atoms with Crippen LogP contribution in [0.25, 0.3) is 10.9 Å². The molecule has 0 bridgehead atoms. The standard InChI is InChI=1S/C15H23N3O3/c1-19-8-9-21-11-10-20-7-6-18-15-5-3-2-4-13(15)14(12-16)17-18/h2-5H,6-12,16H2,1H3. The number of methoxy groups -OCH3 is 1. The molecule has 1 aromatic heterocycles. The van der Waals surface area contributed by atoms with Gasteiger partial charge in [0, 0.05) is 19.0 Å². The SMILES string of the molecule is COCCOCCOCCn1nc(CN)c2ccccc21. The molecule has 0 saturated heterocycles. The van der Waals surface area contributed by atoms with Crippen molar-refractivity contribution < 1.29 is 14.2 Å². The van der Waals surface area contributed by atoms with Crippen molar-refractivity contribution >= 4 is 10.9 Å². The zero-order chi connectivity index (χ0) is 14.9. The third kappa shape index (κ3) is 4.50. The molecular weight excluding hydrogens is 270 g/mol. The van der Waals surface area contributed by atoms with Gasteiger partial charge in [-0.2, -0.15) is 5.10 Å². The van der Waals surface area contributed by atoms with Crippen molar-refractivity contribution in [1.82, 2.24) is 9.78 Å². The van der Waals surface area contributed by atoms with E-state index in [4.69, 9.17) is 19.9 Å². The van der Waals surface area contributed by atoms with E-state index in [1.54, 1.807) is 7.11 Å². The zero-order valence-corrected chi connectivity index (χ0v) is 12.5. The van der Waals surface area contributed by atoms with Crippen LogP contribution in [0.4, 0.5) is 0 Å². The van der Waals surface area contributed by atoms with Crippen LogP contribution in [0.15, 0.2) is 24.3 Å². The Morgan fingerprint density at radius 1 is 1.05 bits per heavy atom. The topological polar surface area (TPSA) is 71.5 Å². The maximum atomic E-state index is 5.73. The Morgan fingerprint density at radius 2 is 1.76 bits per heavy atom. The van der Waals surface area contributed by atoms with Crippen LogP contribution < -0.4 is 5.73 Å². The Kier molecular flexibility index (Phi) is 6.62. The summed E-state index contributed by atoms with van der Waals surface area (Å²) < 4.78 is 17.7. The number of fused-ring (bicyclic) bond motifs is 1. The smallest absolute Gasteiger partial charge is 0.0839 e. The molecule has 116 valence electrons. The van der Waals surface area contributed by atoms with Crippen LogP contribution >= 0.6 is 0 Å². The summed E-state index contributed by atoms with van der Waals surface area (Å²) in [5.74, 6) is 0. The lowest BCUT2D eigenvalue weighted by Crippen LogP contribution is -2.12. The average molecular weight is 293 g/mol. The lowest BCUT2D eigenvalue weighted by atomic mass is 10.2. The monoisotopic (exact) mass is 293 g/mol. The number of hydrogen-bond donors (Lipinski definition) is 1. The Bertz CT molecular complexity index is 542. The highest BCUT2D eigenvalue weighted by molar-refractivity contribution is 5.81. The Hall–Kier alpha value is -1.47. The molecule has 6 nitrogen and oxygen atoms in total. The van der Waals surface area contributed by atoms with Gasteiger partial charge in [-0.05, 0) is 6.07 Å². The van der Waals surface area contributed by atoms with Gasteiger partial charge in [0.15, 0.2) is 0 Å². The number of para-hydroxylation sites is 1. The maximum absolute atomic E-state index is 5.73. The first kappa shape index (κ1) is 15.9. The van der Waals surface area contributed by atoms with E-state index in [1.165, 1.54) is 0 Å². The van der Waals surface area contributed by atoms with Crippen molar-refractivity contribution in [2.75, 3.05) is 40.1 Å². The Morgan fingerprint density at radius 3 is 2.52 bits per heavy atom. The van der Waals surface area contributed by atoms with E-state index in [0.717, 1.165) is 16.6 Å². The minimum Gasteiger partial charge on any atom is -0.382 e. The van der Waals surface area contributed by atoms with Crippen molar-refractivity contribution in [2.45, 2.75) is 13.1 Å². The van der Waals surface area contributed by atoms with Gasteiger partial charge in [0.05, 0.1) is 50.8 Å². The molecule has 0 amide bonds. The van der Waals surface area contributed by atoms with Gasteiger partial charge in [-0.3, -0.25) is 4.68 Å². The molecule has 0 radical (unpaired) electrons. The first-order valence-electron chi connectivity index (χ1n) is 7.15. The fourth-order valence-corrected chi connectivity index (χ4v) is 2.13. The second-order valence-corrected chi connectivity index (χ2v) is 4.61. The minimum absolute atomic E-state index is 0.446. The van der Waals surface area contributed by atoms with Crippen LogP contribution in [-0.4, -0.2) is 49.9 Å². The van der Waals surface area contributed by atoms with Crippen molar-refractivity contribution in [3.05, 3.63) is 30.0 Å². The lowest BCUT2D eigenvalue weighted by Gasteiger charge is -2.06. The number of aromatic nitrogens is 2. The van der Waals surface area contributed by atoms with Gasteiger partial charge in [0.25, 0.3) is 0 Å². The second-order valence-electron chi connectivity index (χ2n) is 4.61. The molecule has 0 saturated carbocycles. The van der Waals surface area contributed by atoms with E-state index >= 15 is 0 Å². The largest absolute Gasteiger partial charge is 0.382 e. The lowest BCUT2D eigenvalue weighted by molar-refractivity contribution is 0.0227. The van der Waals surface area contributed by atoms with Gasteiger partial charge in [-0.25, -0.2) is 0 Å². The van der Waals surface area contributed by atoms with E-state index in [2.05, 4.69) is 11.2 Å². The molecule has 0 unspecified atom stereocenters. The molecule has 0 aliphatic carbocycles. The van der Waals surface area contributed by atoms with Gasteiger partial charge in [-0.15, -0.1) is 0 Å². The molecule has 1 aromatic carbocycles. The predicted molar refractivity (Wildman–Crippen MR) is 81.1 cm³/mol. The molecule has 2 N–H and O–H groups in total. The van der Waals surface area contributed by atoms with E-state index in [1.807, 2.05) is 22.9 Å². The highest BCUT2D eigenvalue weighted by Gasteiger charge is 2.07. The molecule has 0 aliphatic rings. The minimum atomic E-state index is 0.446. The normalized spacial score (nSPS) is 11.3. The molecule has 1 heterocycles. The highest BCUT2D eigenvalue weighted by atomic mass is 16.5. The summed E-state index contributed by atoms with van der Waals surface area (Å²) >= 11 is 0.